The summed E-state index contributed by atoms with van der Waals surface area (Å²) in [5.41, 5.74) is -0.876. The second-order valence-corrected chi connectivity index (χ2v) is 3.44. The van der Waals surface area contributed by atoms with Crippen LogP contribution in [0.1, 0.15) is 5.69 Å². The van der Waals surface area contributed by atoms with E-state index in [1.807, 2.05) is 0 Å². The normalized spacial score (nSPS) is 13.0. The lowest BCUT2D eigenvalue weighted by Gasteiger charge is -2.23. The Morgan fingerprint density at radius 3 is 2.29 bits per heavy atom. The molecule has 7 heteroatoms. The van der Waals surface area contributed by atoms with E-state index < -0.39 is 17.7 Å². The van der Waals surface area contributed by atoms with Gasteiger partial charge in [0.2, 0.25) is 0 Å². The lowest BCUT2D eigenvalue weighted by Crippen LogP contribution is -2.42. The fourth-order valence-electron chi connectivity index (χ4n) is 0.741. The predicted molar refractivity (Wildman–Crippen MR) is 44.1 cm³/mol. The van der Waals surface area contributed by atoms with Gasteiger partial charge in [0, 0.05) is 10.7 Å². The first kappa shape index (κ1) is 11.4. The fraction of sp³-hybridized carbons (Fsp3) is 0.286. The highest BCUT2D eigenvalue weighted by Crippen LogP contribution is 2.35. The minimum atomic E-state index is -5.18. The molecule has 1 aromatic rings. The molecule has 1 aromatic heterocycles. The second kappa shape index (κ2) is 3.48. The van der Waals surface area contributed by atoms with Crippen LogP contribution in [0.15, 0.2) is 22.8 Å². The van der Waals surface area contributed by atoms with Crippen molar-refractivity contribution in [2.75, 3.05) is 0 Å². The first-order chi connectivity index (χ1) is 6.25. The molecule has 0 spiro atoms. The average Bonchev–Trinajstić information content (AvgIpc) is 2.02. The largest absolute Gasteiger partial charge is 0.449 e. The number of halogens is 4. The zero-order chi connectivity index (χ0) is 11.0. The summed E-state index contributed by atoms with van der Waals surface area (Å²) in [7, 11) is 0. The van der Waals surface area contributed by atoms with E-state index in [0.29, 0.717) is 0 Å². The summed E-state index contributed by atoms with van der Waals surface area (Å²) in [5.74, 6) is -3.92. The van der Waals surface area contributed by atoms with Gasteiger partial charge in [-0.2, -0.15) is 13.2 Å². The molecule has 14 heavy (non-hydrogen) atoms. The summed E-state index contributed by atoms with van der Waals surface area (Å²) in [6.45, 7) is 0. The Hall–Kier alpha value is -0.660. The van der Waals surface area contributed by atoms with E-state index in [0.717, 1.165) is 12.3 Å². The van der Waals surface area contributed by atoms with Gasteiger partial charge in [0.25, 0.3) is 0 Å². The van der Waals surface area contributed by atoms with Gasteiger partial charge >= 0.3 is 12.0 Å². The first-order valence-electron chi connectivity index (χ1n) is 3.38. The number of alkyl halides is 3. The third-order valence-corrected chi connectivity index (χ3v) is 1.97. The minimum absolute atomic E-state index is 0.277. The van der Waals surface area contributed by atoms with Gasteiger partial charge in [-0.05, 0) is 12.1 Å². The zero-order valence-corrected chi connectivity index (χ0v) is 8.17. The summed E-state index contributed by atoms with van der Waals surface area (Å²) in [6, 6.07) is 2.25. The summed E-state index contributed by atoms with van der Waals surface area (Å²) in [6.07, 6.45) is -4.15. The van der Waals surface area contributed by atoms with Gasteiger partial charge in [0.1, 0.15) is 5.69 Å². The van der Waals surface area contributed by atoms with Gasteiger partial charge in [0.15, 0.2) is 0 Å². The number of hydrogen-bond donors (Lipinski definition) is 2. The molecule has 0 unspecified atom stereocenters. The van der Waals surface area contributed by atoms with Gasteiger partial charge in [-0.1, -0.05) is 15.9 Å². The SMILES string of the molecule is OC(O)(c1cc(Br)ccn1)C(F)(F)F. The molecular weight excluding hydrogens is 267 g/mol. The zero-order valence-electron chi connectivity index (χ0n) is 6.59. The lowest BCUT2D eigenvalue weighted by atomic mass is 10.1. The Morgan fingerprint density at radius 2 is 1.86 bits per heavy atom. The van der Waals surface area contributed by atoms with Crippen LogP contribution in [-0.4, -0.2) is 21.4 Å². The molecule has 3 nitrogen and oxygen atoms in total. The van der Waals surface area contributed by atoms with Gasteiger partial charge in [-0.25, -0.2) is 0 Å². The van der Waals surface area contributed by atoms with E-state index in [4.69, 9.17) is 10.2 Å². The molecule has 0 bridgehead atoms. The van der Waals surface area contributed by atoms with Crippen LogP contribution < -0.4 is 0 Å². The number of aromatic nitrogens is 1. The van der Waals surface area contributed by atoms with Gasteiger partial charge in [-0.3, -0.25) is 4.98 Å². The Kier molecular flexibility index (Phi) is 2.84. The Labute approximate surface area is 85.3 Å². The Balaban J connectivity index is 3.16. The molecule has 0 amide bonds. The van der Waals surface area contributed by atoms with Crippen molar-refractivity contribution in [3.8, 4) is 0 Å². The molecular formula is C7H5BrF3NO2. The highest BCUT2D eigenvalue weighted by molar-refractivity contribution is 9.10. The quantitative estimate of drug-likeness (QED) is 0.762. The van der Waals surface area contributed by atoms with Crippen LogP contribution in [0.3, 0.4) is 0 Å². The van der Waals surface area contributed by atoms with Crippen LogP contribution in [0, 0.1) is 0 Å². The van der Waals surface area contributed by atoms with Gasteiger partial charge < -0.3 is 10.2 Å². The molecule has 2 N–H and O–H groups in total. The van der Waals surface area contributed by atoms with Crippen molar-refractivity contribution in [2.45, 2.75) is 12.0 Å². The monoisotopic (exact) mass is 271 g/mol. The van der Waals surface area contributed by atoms with E-state index in [-0.39, 0.29) is 4.47 Å². The summed E-state index contributed by atoms with van der Waals surface area (Å²) < 4.78 is 36.6. The van der Waals surface area contributed by atoms with Gasteiger partial charge in [0.05, 0.1) is 0 Å². The molecule has 0 aliphatic carbocycles. The van der Waals surface area contributed by atoms with E-state index in [1.54, 1.807) is 0 Å². The Bertz CT molecular complexity index is 340. The lowest BCUT2D eigenvalue weighted by molar-refractivity contribution is -0.360. The topological polar surface area (TPSA) is 53.4 Å². The summed E-state index contributed by atoms with van der Waals surface area (Å²) >= 11 is 2.89. The van der Waals surface area contributed by atoms with Crippen LogP contribution in [-0.2, 0) is 5.79 Å². The standard InChI is InChI=1S/C7H5BrF3NO2/c8-4-1-2-12-5(3-4)6(13,14)7(9,10)11/h1-3,13-14H. The van der Waals surface area contributed by atoms with Crippen LogP contribution >= 0.6 is 15.9 Å². The third-order valence-electron chi connectivity index (χ3n) is 1.47. The number of hydrogen-bond acceptors (Lipinski definition) is 3. The van der Waals surface area contributed by atoms with Crippen molar-refractivity contribution in [2.24, 2.45) is 0 Å². The highest BCUT2D eigenvalue weighted by Gasteiger charge is 2.55. The number of nitrogens with zero attached hydrogens (tertiary/aromatic N) is 1. The number of pyridine rings is 1. The molecule has 1 rings (SSSR count). The van der Waals surface area contributed by atoms with Crippen molar-refractivity contribution < 1.29 is 23.4 Å². The highest BCUT2D eigenvalue weighted by atomic mass is 79.9. The van der Waals surface area contributed by atoms with Crippen molar-refractivity contribution >= 4 is 15.9 Å². The van der Waals surface area contributed by atoms with Crippen molar-refractivity contribution in [1.82, 2.24) is 4.98 Å². The summed E-state index contributed by atoms with van der Waals surface area (Å²) in [5, 5.41) is 17.6. The van der Waals surface area contributed by atoms with E-state index >= 15 is 0 Å². The first-order valence-corrected chi connectivity index (χ1v) is 4.18. The van der Waals surface area contributed by atoms with Crippen LogP contribution in [0.25, 0.3) is 0 Å². The number of aliphatic hydroxyl groups is 2. The van der Waals surface area contributed by atoms with Crippen molar-refractivity contribution in [1.29, 1.82) is 0 Å². The molecule has 0 saturated heterocycles. The van der Waals surface area contributed by atoms with Crippen LogP contribution in [0.4, 0.5) is 13.2 Å². The molecule has 0 fully saturated rings. The van der Waals surface area contributed by atoms with E-state index in [2.05, 4.69) is 20.9 Å². The predicted octanol–water partition coefficient (Wildman–Crippen LogP) is 1.54. The molecule has 0 aliphatic heterocycles. The maximum Gasteiger partial charge on any atom is 0.449 e. The van der Waals surface area contributed by atoms with E-state index in [9.17, 15) is 13.2 Å². The molecule has 0 radical (unpaired) electrons. The molecule has 0 saturated carbocycles. The maximum absolute atomic E-state index is 12.1. The number of rotatable bonds is 1. The van der Waals surface area contributed by atoms with Crippen molar-refractivity contribution in [3.05, 3.63) is 28.5 Å². The second-order valence-electron chi connectivity index (χ2n) is 2.53. The minimum Gasteiger partial charge on any atom is -0.354 e. The average molecular weight is 272 g/mol. The molecule has 0 aliphatic rings. The van der Waals surface area contributed by atoms with Gasteiger partial charge in [-0.15, -0.1) is 0 Å². The molecule has 0 aromatic carbocycles. The smallest absolute Gasteiger partial charge is 0.354 e. The molecule has 0 atom stereocenters. The van der Waals surface area contributed by atoms with Crippen LogP contribution in [0.5, 0.6) is 0 Å². The van der Waals surface area contributed by atoms with E-state index in [1.165, 1.54) is 6.07 Å². The molecule has 1 heterocycles. The molecule has 78 valence electrons. The Morgan fingerprint density at radius 1 is 1.29 bits per heavy atom. The summed E-state index contributed by atoms with van der Waals surface area (Å²) in [4.78, 5) is 3.23. The van der Waals surface area contributed by atoms with Crippen LogP contribution in [0.2, 0.25) is 0 Å². The fourth-order valence-corrected chi connectivity index (χ4v) is 1.08. The van der Waals surface area contributed by atoms with Crippen molar-refractivity contribution in [3.63, 3.8) is 0 Å². The maximum atomic E-state index is 12.1. The third kappa shape index (κ3) is 2.05.